The summed E-state index contributed by atoms with van der Waals surface area (Å²) in [5.41, 5.74) is 1.03. The summed E-state index contributed by atoms with van der Waals surface area (Å²) in [4.78, 5) is 0. The van der Waals surface area contributed by atoms with Gasteiger partial charge in [0.2, 0.25) is 0 Å². The monoisotopic (exact) mass is 355 g/mol. The quantitative estimate of drug-likeness (QED) is 0.847. The van der Waals surface area contributed by atoms with E-state index >= 15 is 0 Å². The number of rotatable bonds is 5. The molecule has 1 aromatic carbocycles. The Labute approximate surface area is 132 Å². The maximum absolute atomic E-state index is 13.6. The molecule has 1 aromatic heterocycles. The first kappa shape index (κ1) is 16.0. The highest BCUT2D eigenvalue weighted by Gasteiger charge is 2.13. The zero-order valence-electron chi connectivity index (χ0n) is 12.4. The van der Waals surface area contributed by atoms with Crippen LogP contribution in [0.3, 0.4) is 0 Å². The Morgan fingerprint density at radius 3 is 2.76 bits per heavy atom. The zero-order valence-corrected chi connectivity index (χ0v) is 14.0. The van der Waals surface area contributed by atoms with Gasteiger partial charge < -0.3 is 14.5 Å². The Bertz CT molecular complexity index is 605. The summed E-state index contributed by atoms with van der Waals surface area (Å²) in [5, 5.41) is 3.39. The van der Waals surface area contributed by atoms with Gasteiger partial charge in [-0.15, -0.1) is 0 Å². The second-order valence-electron chi connectivity index (χ2n) is 5.84. The molecule has 3 nitrogen and oxygen atoms in total. The van der Waals surface area contributed by atoms with Crippen molar-refractivity contribution in [3.63, 3.8) is 0 Å². The molecule has 0 amide bonds. The number of hydrogen-bond donors (Lipinski definition) is 1. The Hall–Kier alpha value is -1.33. The third-order valence-electron chi connectivity index (χ3n) is 2.90. The van der Waals surface area contributed by atoms with Crippen molar-refractivity contribution in [3.05, 3.63) is 52.1 Å². The summed E-state index contributed by atoms with van der Waals surface area (Å²) >= 11 is 3.30. The van der Waals surface area contributed by atoms with E-state index in [2.05, 4.69) is 42.0 Å². The molecule has 0 radical (unpaired) electrons. The molecule has 0 atom stereocenters. The van der Waals surface area contributed by atoms with Crippen LogP contribution < -0.4 is 10.1 Å². The number of hydrogen-bond acceptors (Lipinski definition) is 3. The molecular weight excluding hydrogens is 337 g/mol. The van der Waals surface area contributed by atoms with Crippen molar-refractivity contribution in [1.29, 1.82) is 0 Å². The lowest BCUT2D eigenvalue weighted by Crippen LogP contribution is -2.35. The van der Waals surface area contributed by atoms with Gasteiger partial charge in [-0.1, -0.05) is 15.9 Å². The summed E-state index contributed by atoms with van der Waals surface area (Å²) in [6.45, 7) is 7.17. The van der Waals surface area contributed by atoms with Crippen molar-refractivity contribution in [3.8, 4) is 5.75 Å². The van der Waals surface area contributed by atoms with Gasteiger partial charge in [0.1, 0.15) is 12.4 Å². The van der Waals surface area contributed by atoms with E-state index in [4.69, 9.17) is 9.15 Å². The van der Waals surface area contributed by atoms with Crippen LogP contribution in [0.5, 0.6) is 5.75 Å². The number of ether oxygens (including phenoxy) is 1. The standard InChI is InChI=1S/C16H19BrFNO2/c1-16(2,3)19-9-11-6-7-20-15(11)10-21-14-8-12(17)4-5-13(14)18/h4-8,19H,9-10H2,1-3H3. The summed E-state index contributed by atoms with van der Waals surface area (Å²) in [6, 6.07) is 6.50. The van der Waals surface area contributed by atoms with Crippen LogP contribution in [0.25, 0.3) is 0 Å². The summed E-state index contributed by atoms with van der Waals surface area (Å²) in [5.74, 6) is 0.515. The third kappa shape index (κ3) is 4.86. The molecule has 0 unspecified atom stereocenters. The first-order valence-electron chi connectivity index (χ1n) is 6.73. The van der Waals surface area contributed by atoms with Crippen molar-refractivity contribution < 1.29 is 13.5 Å². The van der Waals surface area contributed by atoms with Crippen molar-refractivity contribution in [2.45, 2.75) is 39.5 Å². The molecule has 21 heavy (non-hydrogen) atoms. The Morgan fingerprint density at radius 2 is 2.05 bits per heavy atom. The lowest BCUT2D eigenvalue weighted by Gasteiger charge is -2.20. The Morgan fingerprint density at radius 1 is 1.29 bits per heavy atom. The van der Waals surface area contributed by atoms with Gasteiger partial charge in [-0.2, -0.15) is 0 Å². The van der Waals surface area contributed by atoms with E-state index < -0.39 is 0 Å². The molecule has 0 fully saturated rings. The fourth-order valence-electron chi connectivity index (χ4n) is 1.74. The van der Waals surface area contributed by atoms with Gasteiger partial charge in [-0.3, -0.25) is 0 Å². The predicted octanol–water partition coefficient (Wildman–Crippen LogP) is 4.65. The van der Waals surface area contributed by atoms with Gasteiger partial charge in [0.25, 0.3) is 0 Å². The second kappa shape index (κ2) is 6.62. The van der Waals surface area contributed by atoms with Gasteiger partial charge in [0.05, 0.1) is 6.26 Å². The molecule has 0 spiro atoms. The Balaban J connectivity index is 2.01. The zero-order chi connectivity index (χ0) is 15.5. The fourth-order valence-corrected chi connectivity index (χ4v) is 2.08. The second-order valence-corrected chi connectivity index (χ2v) is 6.75. The minimum absolute atomic E-state index is 0.0196. The highest BCUT2D eigenvalue weighted by Crippen LogP contribution is 2.24. The molecule has 114 valence electrons. The van der Waals surface area contributed by atoms with E-state index in [9.17, 15) is 4.39 Å². The van der Waals surface area contributed by atoms with Gasteiger partial charge in [-0.05, 0) is 45.0 Å². The van der Waals surface area contributed by atoms with E-state index in [0.717, 1.165) is 10.0 Å². The highest BCUT2D eigenvalue weighted by molar-refractivity contribution is 9.10. The molecule has 0 aliphatic rings. The molecule has 0 aliphatic heterocycles. The van der Waals surface area contributed by atoms with E-state index in [1.807, 2.05) is 6.07 Å². The average molecular weight is 356 g/mol. The van der Waals surface area contributed by atoms with Crippen LogP contribution in [0.1, 0.15) is 32.1 Å². The van der Waals surface area contributed by atoms with Gasteiger partial charge >= 0.3 is 0 Å². The number of halogens is 2. The topological polar surface area (TPSA) is 34.4 Å². The molecule has 2 rings (SSSR count). The molecule has 1 heterocycles. The van der Waals surface area contributed by atoms with Crippen LogP contribution in [0.4, 0.5) is 4.39 Å². The molecule has 5 heteroatoms. The minimum Gasteiger partial charge on any atom is -0.483 e. The third-order valence-corrected chi connectivity index (χ3v) is 3.39. The van der Waals surface area contributed by atoms with Crippen LogP contribution in [-0.4, -0.2) is 5.54 Å². The van der Waals surface area contributed by atoms with E-state index in [1.165, 1.54) is 6.07 Å². The van der Waals surface area contributed by atoms with Crippen molar-refractivity contribution >= 4 is 15.9 Å². The lowest BCUT2D eigenvalue weighted by atomic mass is 10.1. The molecule has 0 bridgehead atoms. The molecule has 0 aliphatic carbocycles. The first-order valence-corrected chi connectivity index (χ1v) is 7.52. The van der Waals surface area contributed by atoms with Crippen LogP contribution >= 0.6 is 15.9 Å². The summed E-state index contributed by atoms with van der Waals surface area (Å²) < 4.78 is 25.3. The van der Waals surface area contributed by atoms with Gasteiger partial charge in [-0.25, -0.2) is 4.39 Å². The van der Waals surface area contributed by atoms with Crippen LogP contribution in [0.2, 0.25) is 0 Å². The predicted molar refractivity (Wildman–Crippen MR) is 83.7 cm³/mol. The van der Waals surface area contributed by atoms with Crippen molar-refractivity contribution in [2.24, 2.45) is 0 Å². The number of nitrogens with one attached hydrogen (secondary N) is 1. The van der Waals surface area contributed by atoms with Crippen molar-refractivity contribution in [1.82, 2.24) is 5.32 Å². The van der Waals surface area contributed by atoms with Gasteiger partial charge in [0, 0.05) is 22.1 Å². The van der Waals surface area contributed by atoms with E-state index in [1.54, 1.807) is 18.4 Å². The molecule has 1 N–H and O–H groups in total. The van der Waals surface area contributed by atoms with Crippen molar-refractivity contribution in [2.75, 3.05) is 0 Å². The maximum Gasteiger partial charge on any atom is 0.165 e. The minimum atomic E-state index is -0.390. The number of benzene rings is 1. The highest BCUT2D eigenvalue weighted by atomic mass is 79.9. The maximum atomic E-state index is 13.6. The fraction of sp³-hybridized carbons (Fsp3) is 0.375. The summed E-state index contributed by atoms with van der Waals surface area (Å²) in [6.07, 6.45) is 1.62. The SMILES string of the molecule is CC(C)(C)NCc1ccoc1COc1cc(Br)ccc1F. The molecule has 0 saturated heterocycles. The van der Waals surface area contributed by atoms with Crippen LogP contribution in [-0.2, 0) is 13.2 Å². The molecular formula is C16H19BrFNO2. The van der Waals surface area contributed by atoms with E-state index in [0.29, 0.717) is 12.3 Å². The normalized spacial score (nSPS) is 11.7. The number of furan rings is 1. The largest absolute Gasteiger partial charge is 0.483 e. The summed E-state index contributed by atoms with van der Waals surface area (Å²) in [7, 11) is 0. The molecule has 0 saturated carbocycles. The smallest absolute Gasteiger partial charge is 0.165 e. The molecule has 2 aromatic rings. The first-order chi connectivity index (χ1) is 9.85. The van der Waals surface area contributed by atoms with Crippen LogP contribution in [0.15, 0.2) is 39.4 Å². The average Bonchev–Trinajstić information content (AvgIpc) is 2.84. The van der Waals surface area contributed by atoms with E-state index in [-0.39, 0.29) is 23.7 Å². The lowest BCUT2D eigenvalue weighted by molar-refractivity contribution is 0.256. The van der Waals surface area contributed by atoms with Gasteiger partial charge in [0.15, 0.2) is 11.6 Å². The Kier molecular flexibility index (Phi) is 5.06. The van der Waals surface area contributed by atoms with Crippen LogP contribution in [0, 0.1) is 5.82 Å².